The molecule has 1 unspecified atom stereocenters. The van der Waals surface area contributed by atoms with E-state index < -0.39 is 0 Å². The van der Waals surface area contributed by atoms with Crippen molar-refractivity contribution in [3.05, 3.63) is 52.5 Å². The molecule has 1 N–H and O–H groups in total. The quantitative estimate of drug-likeness (QED) is 0.752. The van der Waals surface area contributed by atoms with Crippen LogP contribution in [-0.4, -0.2) is 17.3 Å². The minimum atomic E-state index is -0.00559. The van der Waals surface area contributed by atoms with Crippen molar-refractivity contribution in [3.8, 4) is 17.1 Å². The molecule has 0 spiro atoms. The summed E-state index contributed by atoms with van der Waals surface area (Å²) in [5, 5.41) is 9.49. The third-order valence-corrected chi connectivity index (χ3v) is 4.18. The predicted molar refractivity (Wildman–Crippen MR) is 85.9 cm³/mol. The third kappa shape index (κ3) is 3.35. The van der Waals surface area contributed by atoms with Crippen molar-refractivity contribution in [1.82, 2.24) is 15.5 Å². The molecule has 2 heterocycles. The first-order chi connectivity index (χ1) is 10.8. The Kier molecular flexibility index (Phi) is 4.50. The largest absolute Gasteiger partial charge is 0.497 e. The Bertz CT molecular complexity index is 725. The van der Waals surface area contributed by atoms with Gasteiger partial charge in [-0.15, -0.1) is 11.3 Å². The molecule has 6 heteroatoms. The SMILES string of the molecule is COc1cccc(-c2noc(C(C)NCc3cccs3)n2)c1. The Morgan fingerprint density at radius 2 is 2.23 bits per heavy atom. The number of aromatic nitrogens is 2. The van der Waals surface area contributed by atoms with Gasteiger partial charge in [0.2, 0.25) is 11.7 Å². The summed E-state index contributed by atoms with van der Waals surface area (Å²) in [6.07, 6.45) is 0. The summed E-state index contributed by atoms with van der Waals surface area (Å²) in [7, 11) is 1.64. The molecule has 5 nitrogen and oxygen atoms in total. The number of rotatable bonds is 6. The highest BCUT2D eigenvalue weighted by Gasteiger charge is 2.15. The van der Waals surface area contributed by atoms with Crippen LogP contribution in [0.3, 0.4) is 0 Å². The van der Waals surface area contributed by atoms with Crippen molar-refractivity contribution in [2.45, 2.75) is 19.5 Å². The monoisotopic (exact) mass is 315 g/mol. The van der Waals surface area contributed by atoms with Crippen LogP contribution in [-0.2, 0) is 6.54 Å². The van der Waals surface area contributed by atoms with E-state index in [4.69, 9.17) is 9.26 Å². The molecule has 0 radical (unpaired) electrons. The van der Waals surface area contributed by atoms with E-state index in [9.17, 15) is 0 Å². The number of benzene rings is 1. The number of ether oxygens (including phenoxy) is 1. The van der Waals surface area contributed by atoms with Crippen LogP contribution in [0.1, 0.15) is 23.7 Å². The van der Waals surface area contributed by atoms with Gasteiger partial charge in [0, 0.05) is 17.0 Å². The van der Waals surface area contributed by atoms with Crippen LogP contribution < -0.4 is 10.1 Å². The van der Waals surface area contributed by atoms with Crippen molar-refractivity contribution in [2.75, 3.05) is 7.11 Å². The van der Waals surface area contributed by atoms with E-state index in [0.717, 1.165) is 17.9 Å². The van der Waals surface area contributed by atoms with E-state index in [1.165, 1.54) is 4.88 Å². The fourth-order valence-corrected chi connectivity index (χ4v) is 2.70. The molecule has 2 aromatic heterocycles. The molecule has 1 atom stereocenters. The summed E-state index contributed by atoms with van der Waals surface area (Å²) in [5.74, 6) is 1.92. The number of methoxy groups -OCH3 is 1. The molecule has 3 rings (SSSR count). The minimum absolute atomic E-state index is 0.00559. The first-order valence-electron chi connectivity index (χ1n) is 7.00. The standard InChI is InChI=1S/C16H17N3O2S/c1-11(17-10-14-7-4-8-22-14)16-18-15(19-21-16)12-5-3-6-13(9-12)20-2/h3-9,11,17H,10H2,1-2H3. The topological polar surface area (TPSA) is 60.2 Å². The second kappa shape index (κ2) is 6.72. The molecular weight excluding hydrogens is 298 g/mol. The predicted octanol–water partition coefficient (Wildman–Crippen LogP) is 3.66. The van der Waals surface area contributed by atoms with Crippen LogP contribution in [0.5, 0.6) is 5.75 Å². The molecule has 0 aliphatic rings. The maximum atomic E-state index is 5.36. The molecule has 0 fully saturated rings. The zero-order valence-electron chi connectivity index (χ0n) is 12.4. The highest BCUT2D eigenvalue weighted by Crippen LogP contribution is 2.23. The Balaban J connectivity index is 1.69. The zero-order valence-corrected chi connectivity index (χ0v) is 13.3. The molecule has 114 valence electrons. The highest BCUT2D eigenvalue weighted by molar-refractivity contribution is 7.09. The van der Waals surface area contributed by atoms with Crippen LogP contribution in [0.2, 0.25) is 0 Å². The van der Waals surface area contributed by atoms with Gasteiger partial charge in [-0.3, -0.25) is 0 Å². The molecule has 22 heavy (non-hydrogen) atoms. The fourth-order valence-electron chi connectivity index (χ4n) is 2.04. The molecule has 0 amide bonds. The lowest BCUT2D eigenvalue weighted by Gasteiger charge is -2.07. The lowest BCUT2D eigenvalue weighted by Crippen LogP contribution is -2.17. The van der Waals surface area contributed by atoms with Gasteiger partial charge in [-0.05, 0) is 30.5 Å². The van der Waals surface area contributed by atoms with Crippen LogP contribution >= 0.6 is 11.3 Å². The van der Waals surface area contributed by atoms with Gasteiger partial charge in [0.1, 0.15) is 5.75 Å². The van der Waals surface area contributed by atoms with Gasteiger partial charge in [0.25, 0.3) is 0 Å². The molecule has 0 saturated carbocycles. The maximum absolute atomic E-state index is 5.36. The lowest BCUT2D eigenvalue weighted by molar-refractivity contribution is 0.339. The zero-order chi connectivity index (χ0) is 15.4. The number of thiophene rings is 1. The average Bonchev–Trinajstić information content (AvgIpc) is 3.24. The van der Waals surface area contributed by atoms with Gasteiger partial charge >= 0.3 is 0 Å². The molecule has 0 aliphatic heterocycles. The summed E-state index contributed by atoms with van der Waals surface area (Å²) >= 11 is 1.72. The van der Waals surface area contributed by atoms with E-state index in [1.807, 2.05) is 37.3 Å². The fraction of sp³-hybridized carbons (Fsp3) is 0.250. The number of nitrogens with one attached hydrogen (secondary N) is 1. The minimum Gasteiger partial charge on any atom is -0.497 e. The van der Waals surface area contributed by atoms with Crippen LogP contribution in [0.25, 0.3) is 11.4 Å². The van der Waals surface area contributed by atoms with E-state index in [2.05, 4.69) is 26.9 Å². The van der Waals surface area contributed by atoms with Crippen LogP contribution in [0.4, 0.5) is 0 Å². The molecule has 3 aromatic rings. The summed E-state index contributed by atoms with van der Waals surface area (Å²) in [6, 6.07) is 11.7. The van der Waals surface area contributed by atoms with Gasteiger partial charge in [-0.1, -0.05) is 23.4 Å². The Labute approximate surface area is 132 Å². The van der Waals surface area contributed by atoms with Gasteiger partial charge in [0.05, 0.1) is 13.2 Å². The van der Waals surface area contributed by atoms with Gasteiger partial charge < -0.3 is 14.6 Å². The molecule has 1 aromatic carbocycles. The normalized spacial score (nSPS) is 12.3. The second-order valence-electron chi connectivity index (χ2n) is 4.87. The lowest BCUT2D eigenvalue weighted by atomic mass is 10.2. The van der Waals surface area contributed by atoms with Crippen molar-refractivity contribution in [1.29, 1.82) is 0 Å². The molecule has 0 bridgehead atoms. The van der Waals surface area contributed by atoms with Crippen LogP contribution in [0, 0.1) is 0 Å². The smallest absolute Gasteiger partial charge is 0.243 e. The summed E-state index contributed by atoms with van der Waals surface area (Å²) in [4.78, 5) is 5.74. The summed E-state index contributed by atoms with van der Waals surface area (Å²) in [6.45, 7) is 2.80. The number of hydrogen-bond donors (Lipinski definition) is 1. The van der Waals surface area contributed by atoms with Crippen molar-refractivity contribution in [3.63, 3.8) is 0 Å². The second-order valence-corrected chi connectivity index (χ2v) is 5.90. The first kappa shape index (κ1) is 14.7. The third-order valence-electron chi connectivity index (χ3n) is 3.30. The maximum Gasteiger partial charge on any atom is 0.243 e. The number of hydrogen-bond acceptors (Lipinski definition) is 6. The van der Waals surface area contributed by atoms with Crippen LogP contribution in [0.15, 0.2) is 46.3 Å². The van der Waals surface area contributed by atoms with E-state index >= 15 is 0 Å². The van der Waals surface area contributed by atoms with Crippen molar-refractivity contribution >= 4 is 11.3 Å². The Morgan fingerprint density at radius 3 is 3.00 bits per heavy atom. The van der Waals surface area contributed by atoms with Gasteiger partial charge in [-0.2, -0.15) is 4.98 Å². The van der Waals surface area contributed by atoms with E-state index in [-0.39, 0.29) is 6.04 Å². The highest BCUT2D eigenvalue weighted by atomic mass is 32.1. The Hall–Kier alpha value is -2.18. The van der Waals surface area contributed by atoms with Gasteiger partial charge in [-0.25, -0.2) is 0 Å². The van der Waals surface area contributed by atoms with E-state index in [1.54, 1.807) is 18.4 Å². The summed E-state index contributed by atoms with van der Waals surface area (Å²) in [5.41, 5.74) is 0.875. The van der Waals surface area contributed by atoms with E-state index in [0.29, 0.717) is 11.7 Å². The number of nitrogens with zero attached hydrogens (tertiary/aromatic N) is 2. The molecule has 0 aliphatic carbocycles. The Morgan fingerprint density at radius 1 is 1.32 bits per heavy atom. The molecule has 0 saturated heterocycles. The van der Waals surface area contributed by atoms with Crippen molar-refractivity contribution < 1.29 is 9.26 Å². The van der Waals surface area contributed by atoms with Gasteiger partial charge in [0.15, 0.2) is 0 Å². The first-order valence-corrected chi connectivity index (χ1v) is 7.88. The molecular formula is C16H17N3O2S. The average molecular weight is 315 g/mol. The van der Waals surface area contributed by atoms with Crippen molar-refractivity contribution in [2.24, 2.45) is 0 Å². The summed E-state index contributed by atoms with van der Waals surface area (Å²) < 4.78 is 10.6.